The largest absolute Gasteiger partial charge is 0.379 e. The molecular weight excluding hydrogens is 1160 g/mol. The van der Waals surface area contributed by atoms with E-state index < -0.39 is 89.7 Å². The number of aromatic amines is 1. The Bertz CT molecular complexity index is 3430. The van der Waals surface area contributed by atoms with E-state index >= 15 is 24.0 Å². The van der Waals surface area contributed by atoms with Crippen molar-refractivity contribution in [2.75, 3.05) is 53.5 Å². The van der Waals surface area contributed by atoms with Crippen molar-refractivity contribution in [3.05, 3.63) is 142 Å². The molecule has 486 valence electrons. The van der Waals surface area contributed by atoms with E-state index in [1.807, 2.05) is 104 Å². The number of rotatable bonds is 26. The van der Waals surface area contributed by atoms with Crippen LogP contribution in [0.25, 0.3) is 10.9 Å². The molecule has 24 heteroatoms. The summed E-state index contributed by atoms with van der Waals surface area (Å²) in [4.78, 5) is 134. The monoisotopic (exact) mass is 1250 g/mol. The third kappa shape index (κ3) is 16.8. The minimum Gasteiger partial charge on any atom is -0.379 e. The van der Waals surface area contributed by atoms with Crippen molar-refractivity contribution < 1.29 is 43.1 Å². The highest BCUT2D eigenvalue weighted by Crippen LogP contribution is 2.33. The van der Waals surface area contributed by atoms with Crippen LogP contribution in [0.3, 0.4) is 0 Å². The summed E-state index contributed by atoms with van der Waals surface area (Å²) in [7, 11) is 3.19. The normalized spacial score (nSPS) is 18.5. The van der Waals surface area contributed by atoms with Crippen LogP contribution in [0.5, 0.6) is 0 Å². The summed E-state index contributed by atoms with van der Waals surface area (Å²) in [6.07, 6.45) is 3.48. The molecular formula is C67H89N15O9. The maximum atomic E-state index is 15.8. The number of aromatic nitrogens is 1. The van der Waals surface area contributed by atoms with E-state index in [-0.39, 0.29) is 77.1 Å². The number of unbranched alkanes of at least 4 members (excludes halogenated alkanes) is 2. The maximum absolute atomic E-state index is 15.8. The molecule has 1 saturated heterocycles. The number of hydrogen-bond acceptors (Lipinski definition) is 12. The predicted molar refractivity (Wildman–Crippen MR) is 345 cm³/mol. The quantitative estimate of drug-likeness (QED) is 0.0218. The third-order valence-electron chi connectivity index (χ3n) is 17.9. The number of nitrogens with two attached hydrogens (primary N) is 4. The molecule has 0 radical (unpaired) electrons. The zero-order valence-electron chi connectivity index (χ0n) is 52.5. The first kappa shape index (κ1) is 66.5. The summed E-state index contributed by atoms with van der Waals surface area (Å²) in [5.41, 5.74) is 30.5. The lowest BCUT2D eigenvalue weighted by Gasteiger charge is -2.43. The predicted octanol–water partition coefficient (Wildman–Crippen LogP) is 2.36. The molecule has 0 spiro atoms. The zero-order chi connectivity index (χ0) is 64.7. The Morgan fingerprint density at radius 2 is 1.18 bits per heavy atom. The van der Waals surface area contributed by atoms with Gasteiger partial charge in [-0.15, -0.1) is 0 Å². The van der Waals surface area contributed by atoms with Gasteiger partial charge in [-0.25, -0.2) is 4.79 Å². The zero-order valence-corrected chi connectivity index (χ0v) is 52.5. The Morgan fingerprint density at radius 1 is 0.615 bits per heavy atom. The lowest BCUT2D eigenvalue weighted by molar-refractivity contribution is -0.153. The highest BCUT2D eigenvalue weighted by molar-refractivity contribution is 5.99. The molecule has 13 N–H and O–H groups in total. The average Bonchev–Trinajstić information content (AvgIpc) is 1.80. The summed E-state index contributed by atoms with van der Waals surface area (Å²) < 4.78 is 5.58. The summed E-state index contributed by atoms with van der Waals surface area (Å²) in [6.45, 7) is 5.97. The molecule has 91 heavy (non-hydrogen) atoms. The molecule has 0 saturated carbocycles. The number of carbonyl (C=O) groups is 8. The first-order valence-corrected chi connectivity index (χ1v) is 31.9. The fourth-order valence-corrected chi connectivity index (χ4v) is 12.8. The number of benzene rings is 4. The SMILES string of the molecule is CCCC[C@H](NC(=O)N(C)C)C(=O)N1Cc2ccccc2C[C@H]1C(=O)N1Cc2ccccc2C[C@@H]1C(=O)N[C@H](Cc1ccc(CN2CCOCC2)cc1)C(=O)N[C@@H](CCCN=C(N)N)C(=O)N1Cc2[nH]c3ccccc3c2CC1C(=O)N[C@@H](CCCCN)C(N)=O. The number of amides is 9. The Kier molecular flexibility index (Phi) is 22.8. The second kappa shape index (κ2) is 31.2. The lowest BCUT2D eigenvalue weighted by Crippen LogP contribution is -2.63. The van der Waals surface area contributed by atoms with Gasteiger partial charge in [0, 0.05) is 95.6 Å². The number of carbonyl (C=O) groups excluding carboxylic acids is 8. The molecule has 5 heterocycles. The van der Waals surface area contributed by atoms with Gasteiger partial charge in [0.15, 0.2) is 5.96 Å². The van der Waals surface area contributed by atoms with Crippen LogP contribution < -0.4 is 44.2 Å². The van der Waals surface area contributed by atoms with Gasteiger partial charge in [0.1, 0.15) is 42.3 Å². The van der Waals surface area contributed by atoms with Crippen LogP contribution >= 0.6 is 0 Å². The summed E-state index contributed by atoms with van der Waals surface area (Å²) in [6, 6.07) is 21.9. The molecule has 4 aliphatic heterocycles. The molecule has 1 fully saturated rings. The molecule has 9 rings (SSSR count). The van der Waals surface area contributed by atoms with Crippen molar-refractivity contribution in [1.29, 1.82) is 0 Å². The van der Waals surface area contributed by atoms with Crippen LogP contribution in [0.2, 0.25) is 0 Å². The first-order valence-electron chi connectivity index (χ1n) is 31.9. The van der Waals surface area contributed by atoms with E-state index in [4.69, 9.17) is 27.7 Å². The van der Waals surface area contributed by atoms with E-state index in [9.17, 15) is 14.4 Å². The molecule has 1 unspecified atom stereocenters. The van der Waals surface area contributed by atoms with Crippen molar-refractivity contribution in [3.8, 4) is 0 Å². The molecule has 1 aromatic heterocycles. The second-order valence-corrected chi connectivity index (χ2v) is 24.5. The van der Waals surface area contributed by atoms with Crippen molar-refractivity contribution >= 4 is 64.2 Å². The minimum absolute atomic E-state index is 0.00823. The Hall–Kier alpha value is -8.87. The second-order valence-electron chi connectivity index (χ2n) is 24.5. The van der Waals surface area contributed by atoms with Crippen LogP contribution in [-0.4, -0.2) is 179 Å². The summed E-state index contributed by atoms with van der Waals surface area (Å²) >= 11 is 0. The summed E-state index contributed by atoms with van der Waals surface area (Å²) in [5.74, 6) is -4.42. The van der Waals surface area contributed by atoms with Gasteiger partial charge in [-0.3, -0.25) is 43.5 Å². The van der Waals surface area contributed by atoms with Gasteiger partial charge in [0.25, 0.3) is 0 Å². The van der Waals surface area contributed by atoms with E-state index in [1.54, 1.807) is 14.1 Å². The standard InChI is InChI=1S/C67H89N15O9/c1-4-5-20-53(77-67(90)78(2)3)64(88)81-40-47-18-9-7-16-45(47)36-58(81)65(89)80-39-46-17-8-6-15-44(46)35-56(80)61(85)76-54(34-42-24-26-43(27-25-42)38-79-30-32-91-33-31-79)60(84)75-52(23-14-29-72-66(70)71)63(87)82-41-55-49(48-19-10-11-21-50(48)73-55)37-57(82)62(86)74-51(59(69)83)22-12-13-28-68/h6-11,15-19,21,24-27,51-54,56-58,73H,4-5,12-14,20,22-23,28-41,68H2,1-3H3,(H2,69,83)(H,74,86)(H,75,84)(H,76,85)(H,77,90)(H4,70,71,72)/t51-,52-,53-,54+,56+,57?,58-/m0/s1. The van der Waals surface area contributed by atoms with Gasteiger partial charge in [0.05, 0.1) is 19.8 Å². The van der Waals surface area contributed by atoms with Crippen molar-refractivity contribution in [2.24, 2.45) is 27.9 Å². The van der Waals surface area contributed by atoms with E-state index in [0.717, 1.165) is 63.8 Å². The smallest absolute Gasteiger partial charge is 0.317 e. The molecule has 4 aliphatic rings. The van der Waals surface area contributed by atoms with Crippen molar-refractivity contribution in [2.45, 2.75) is 152 Å². The fraction of sp³-hybridized carbons (Fsp3) is 0.478. The number of nitrogens with zero attached hydrogens (tertiary/aromatic N) is 6. The number of morpholine rings is 1. The molecule has 7 atom stereocenters. The number of para-hydroxylation sites is 1. The topological polar surface area (TPSA) is 342 Å². The molecule has 4 aromatic carbocycles. The lowest BCUT2D eigenvalue weighted by atomic mass is 9.89. The first-order chi connectivity index (χ1) is 43.9. The van der Waals surface area contributed by atoms with Gasteiger partial charge in [-0.2, -0.15) is 0 Å². The number of primary amides is 1. The molecule has 0 bridgehead atoms. The van der Waals surface area contributed by atoms with Gasteiger partial charge in [-0.1, -0.05) is 111 Å². The van der Waals surface area contributed by atoms with Crippen molar-refractivity contribution in [3.63, 3.8) is 0 Å². The average molecular weight is 1250 g/mol. The van der Waals surface area contributed by atoms with Crippen LogP contribution in [0.1, 0.15) is 103 Å². The number of H-pyrrole nitrogens is 1. The highest BCUT2D eigenvalue weighted by Gasteiger charge is 2.46. The van der Waals surface area contributed by atoms with Gasteiger partial charge >= 0.3 is 6.03 Å². The number of nitrogens with one attached hydrogen (secondary N) is 5. The number of ether oxygens (including phenoxy) is 1. The summed E-state index contributed by atoms with van der Waals surface area (Å²) in [5, 5.41) is 12.7. The van der Waals surface area contributed by atoms with Crippen LogP contribution in [0.4, 0.5) is 4.79 Å². The van der Waals surface area contributed by atoms with Gasteiger partial charge in [0.2, 0.25) is 41.4 Å². The molecule has 24 nitrogen and oxygen atoms in total. The fourth-order valence-electron chi connectivity index (χ4n) is 12.8. The maximum Gasteiger partial charge on any atom is 0.317 e. The van der Waals surface area contributed by atoms with Crippen LogP contribution in [0.15, 0.2) is 102 Å². The highest BCUT2D eigenvalue weighted by atomic mass is 16.5. The van der Waals surface area contributed by atoms with E-state index in [1.165, 1.54) is 19.6 Å². The number of guanidine groups is 1. The van der Waals surface area contributed by atoms with Crippen molar-refractivity contribution in [1.82, 2.24) is 50.8 Å². The number of hydrogen-bond donors (Lipinski definition) is 9. The van der Waals surface area contributed by atoms with E-state index in [0.29, 0.717) is 63.2 Å². The minimum atomic E-state index is -1.36. The number of aliphatic imine (C=N–C) groups is 1. The Morgan fingerprint density at radius 3 is 1.81 bits per heavy atom. The molecule has 0 aliphatic carbocycles. The van der Waals surface area contributed by atoms with Crippen LogP contribution in [-0.2, 0) is 90.2 Å². The molecule has 9 amide bonds. The number of urea groups is 1. The van der Waals surface area contributed by atoms with E-state index in [2.05, 4.69) is 36.1 Å². The van der Waals surface area contributed by atoms with Gasteiger partial charge in [-0.05, 0) is 90.1 Å². The Balaban J connectivity index is 1.06. The molecule has 5 aromatic rings. The van der Waals surface area contributed by atoms with Crippen LogP contribution in [0, 0.1) is 0 Å². The Labute approximate surface area is 531 Å². The van der Waals surface area contributed by atoms with Gasteiger partial charge < -0.3 is 73.5 Å². The third-order valence-corrected chi connectivity index (χ3v) is 17.9. The number of fused-ring (bicyclic) bond motifs is 5.